The monoisotopic (exact) mass is 473 g/mol. The number of amides is 2. The Balaban J connectivity index is 1.85. The molecule has 2 aromatic carbocycles. The maximum Gasteiger partial charge on any atom is 0.246 e. The van der Waals surface area contributed by atoms with Crippen LogP contribution < -0.4 is 10.6 Å². The van der Waals surface area contributed by atoms with Gasteiger partial charge in [-0.05, 0) is 36.2 Å². The van der Waals surface area contributed by atoms with E-state index in [1.54, 1.807) is 6.07 Å². The summed E-state index contributed by atoms with van der Waals surface area (Å²) in [5.41, 5.74) is 0.921. The number of hydrogen-bond donors (Lipinski definition) is 2. The van der Waals surface area contributed by atoms with Gasteiger partial charge in [0.2, 0.25) is 21.8 Å². The van der Waals surface area contributed by atoms with E-state index in [0.717, 1.165) is 10.4 Å². The zero-order chi connectivity index (χ0) is 22.1. The van der Waals surface area contributed by atoms with Gasteiger partial charge in [0.05, 0.1) is 22.3 Å². The second kappa shape index (κ2) is 8.89. The molecule has 1 heterocycles. The summed E-state index contributed by atoms with van der Waals surface area (Å²) in [5.74, 6) is -1.95. The number of carbonyl (C=O) groups excluding carboxylic acids is 2. The summed E-state index contributed by atoms with van der Waals surface area (Å²) in [6, 6.07) is 6.84. The van der Waals surface area contributed by atoms with Crippen molar-refractivity contribution in [1.29, 1.82) is 0 Å². The van der Waals surface area contributed by atoms with E-state index in [4.69, 9.17) is 23.2 Å². The predicted octanol–water partition coefficient (Wildman–Crippen LogP) is 3.67. The number of aryl methyl sites for hydroxylation is 1. The van der Waals surface area contributed by atoms with Crippen molar-refractivity contribution in [2.24, 2.45) is 0 Å². The molecule has 30 heavy (non-hydrogen) atoms. The third kappa shape index (κ3) is 4.59. The van der Waals surface area contributed by atoms with Gasteiger partial charge in [-0.2, -0.15) is 4.31 Å². The van der Waals surface area contributed by atoms with E-state index < -0.39 is 33.2 Å². The minimum absolute atomic E-state index is 0.0702. The topological polar surface area (TPSA) is 95.6 Å². The average Bonchev–Trinajstić information content (AvgIpc) is 2.68. The molecule has 0 saturated heterocycles. The number of likely N-dealkylation sites (N-methyl/N-ethyl adjacent to an activating group) is 1. The van der Waals surface area contributed by atoms with Crippen molar-refractivity contribution in [3.63, 3.8) is 0 Å². The standard InChI is InChI=1S/C19H18Cl2FN3O4S/c1-2-25(10-18(27)24-19-12(20)4-3-5-13(19)21)30(28,29)16-8-11-6-7-17(26)23-15(11)9-14(16)22/h3-5,8-9H,2,6-7,10H2,1H3,(H,23,26)(H,24,27). The molecule has 160 valence electrons. The van der Waals surface area contributed by atoms with E-state index in [0.29, 0.717) is 12.0 Å². The summed E-state index contributed by atoms with van der Waals surface area (Å²) in [6.07, 6.45) is 0.470. The predicted molar refractivity (Wildman–Crippen MR) is 113 cm³/mol. The summed E-state index contributed by atoms with van der Waals surface area (Å²) in [6.45, 7) is 0.900. The first-order chi connectivity index (χ1) is 14.1. The highest BCUT2D eigenvalue weighted by atomic mass is 35.5. The first kappa shape index (κ1) is 22.5. The number of sulfonamides is 1. The van der Waals surface area contributed by atoms with Gasteiger partial charge in [0.25, 0.3) is 0 Å². The van der Waals surface area contributed by atoms with Gasteiger partial charge in [-0.1, -0.05) is 36.2 Å². The van der Waals surface area contributed by atoms with E-state index in [-0.39, 0.29) is 40.3 Å². The smallest absolute Gasteiger partial charge is 0.246 e. The van der Waals surface area contributed by atoms with Crippen LogP contribution in [0.3, 0.4) is 0 Å². The van der Waals surface area contributed by atoms with Crippen molar-refractivity contribution in [2.75, 3.05) is 23.7 Å². The third-order valence-corrected chi connectivity index (χ3v) is 7.14. The first-order valence-electron chi connectivity index (χ1n) is 8.99. The van der Waals surface area contributed by atoms with Crippen LogP contribution in [0, 0.1) is 5.82 Å². The normalized spacial score (nSPS) is 13.7. The molecule has 0 atom stereocenters. The van der Waals surface area contributed by atoms with Gasteiger partial charge in [-0.3, -0.25) is 9.59 Å². The highest BCUT2D eigenvalue weighted by Crippen LogP contribution is 2.31. The lowest BCUT2D eigenvalue weighted by Gasteiger charge is -2.23. The van der Waals surface area contributed by atoms with Crippen molar-refractivity contribution in [2.45, 2.75) is 24.7 Å². The van der Waals surface area contributed by atoms with Crippen LogP contribution in [-0.2, 0) is 26.0 Å². The van der Waals surface area contributed by atoms with E-state index in [1.807, 2.05) is 0 Å². The Morgan fingerprint density at radius 2 is 1.90 bits per heavy atom. The largest absolute Gasteiger partial charge is 0.326 e. The van der Waals surface area contributed by atoms with E-state index in [9.17, 15) is 22.4 Å². The average molecular weight is 474 g/mol. The number of fused-ring (bicyclic) bond motifs is 1. The highest BCUT2D eigenvalue weighted by Gasteiger charge is 2.30. The molecule has 0 spiro atoms. The molecule has 0 bridgehead atoms. The lowest BCUT2D eigenvalue weighted by Crippen LogP contribution is -2.38. The van der Waals surface area contributed by atoms with E-state index >= 15 is 0 Å². The summed E-state index contributed by atoms with van der Waals surface area (Å²) in [5, 5.41) is 5.40. The molecule has 2 N–H and O–H groups in total. The Labute approximate surface area is 183 Å². The second-order valence-corrected chi connectivity index (χ2v) is 9.28. The molecule has 0 radical (unpaired) electrons. The lowest BCUT2D eigenvalue weighted by molar-refractivity contribution is -0.117. The van der Waals surface area contributed by atoms with Crippen LogP contribution in [0.25, 0.3) is 0 Å². The fourth-order valence-corrected chi connectivity index (χ4v) is 5.03. The minimum Gasteiger partial charge on any atom is -0.326 e. The maximum atomic E-state index is 14.6. The zero-order valence-corrected chi connectivity index (χ0v) is 18.2. The number of carbonyl (C=O) groups is 2. The fourth-order valence-electron chi connectivity index (χ4n) is 3.04. The van der Waals surface area contributed by atoms with Gasteiger partial charge in [0.1, 0.15) is 10.7 Å². The molecule has 0 aromatic heterocycles. The summed E-state index contributed by atoms with van der Waals surface area (Å²) in [4.78, 5) is 23.4. The number of para-hydroxylation sites is 1. The van der Waals surface area contributed by atoms with Gasteiger partial charge in [0.15, 0.2) is 0 Å². The quantitative estimate of drug-likeness (QED) is 0.668. The molecule has 7 nitrogen and oxygen atoms in total. The summed E-state index contributed by atoms with van der Waals surface area (Å²) in [7, 11) is -4.32. The van der Waals surface area contributed by atoms with Gasteiger partial charge < -0.3 is 10.6 Å². The lowest BCUT2D eigenvalue weighted by atomic mass is 10.0. The minimum atomic E-state index is -4.32. The van der Waals surface area contributed by atoms with Gasteiger partial charge >= 0.3 is 0 Å². The number of nitrogens with zero attached hydrogens (tertiary/aromatic N) is 1. The molecule has 0 saturated carbocycles. The summed E-state index contributed by atoms with van der Waals surface area (Å²) < 4.78 is 41.5. The van der Waals surface area contributed by atoms with Crippen molar-refractivity contribution >= 4 is 56.4 Å². The van der Waals surface area contributed by atoms with Crippen LogP contribution in [0.15, 0.2) is 35.2 Å². The Morgan fingerprint density at radius 1 is 1.23 bits per heavy atom. The van der Waals surface area contributed by atoms with Crippen molar-refractivity contribution in [3.8, 4) is 0 Å². The molecule has 3 rings (SSSR count). The van der Waals surface area contributed by atoms with Crippen LogP contribution in [0.2, 0.25) is 10.0 Å². The van der Waals surface area contributed by atoms with Crippen LogP contribution >= 0.6 is 23.2 Å². The number of halogens is 3. The van der Waals surface area contributed by atoms with Gasteiger partial charge in [-0.15, -0.1) is 0 Å². The van der Waals surface area contributed by atoms with Crippen molar-refractivity contribution < 1.29 is 22.4 Å². The Morgan fingerprint density at radius 3 is 2.53 bits per heavy atom. The molecule has 11 heteroatoms. The van der Waals surface area contributed by atoms with Gasteiger partial charge in [0, 0.05) is 18.7 Å². The van der Waals surface area contributed by atoms with Crippen molar-refractivity contribution in [3.05, 3.63) is 51.8 Å². The highest BCUT2D eigenvalue weighted by molar-refractivity contribution is 7.89. The van der Waals surface area contributed by atoms with Crippen LogP contribution in [0.1, 0.15) is 18.9 Å². The Bertz CT molecular complexity index is 1100. The van der Waals surface area contributed by atoms with Crippen LogP contribution in [-0.4, -0.2) is 37.6 Å². The zero-order valence-electron chi connectivity index (χ0n) is 15.8. The molecule has 0 fully saturated rings. The number of benzene rings is 2. The van der Waals surface area contributed by atoms with Crippen LogP contribution in [0.4, 0.5) is 15.8 Å². The van der Waals surface area contributed by atoms with E-state index in [1.165, 1.54) is 25.1 Å². The molecule has 0 unspecified atom stereocenters. The summed E-state index contributed by atoms with van der Waals surface area (Å²) >= 11 is 12.0. The molecular weight excluding hydrogens is 456 g/mol. The first-order valence-corrected chi connectivity index (χ1v) is 11.2. The molecule has 0 aliphatic carbocycles. The Kier molecular flexibility index (Phi) is 6.66. The second-order valence-electron chi connectivity index (χ2n) is 6.56. The molecule has 2 amide bonds. The fraction of sp³-hybridized carbons (Fsp3) is 0.263. The molecule has 1 aliphatic heterocycles. The number of rotatable bonds is 6. The third-order valence-electron chi connectivity index (χ3n) is 4.57. The Hall–Kier alpha value is -2.20. The molecule has 2 aromatic rings. The molecular formula is C19H18Cl2FN3O4S. The SMILES string of the molecule is CCN(CC(=O)Nc1c(Cl)cccc1Cl)S(=O)(=O)c1cc2c(cc1F)NC(=O)CC2. The van der Waals surface area contributed by atoms with Crippen molar-refractivity contribution in [1.82, 2.24) is 4.31 Å². The molecule has 1 aliphatic rings. The number of anilines is 2. The van der Waals surface area contributed by atoms with Crippen LogP contribution in [0.5, 0.6) is 0 Å². The maximum absolute atomic E-state index is 14.6. The van der Waals surface area contributed by atoms with Gasteiger partial charge in [-0.25, -0.2) is 12.8 Å². The number of hydrogen-bond acceptors (Lipinski definition) is 4. The number of nitrogens with one attached hydrogen (secondary N) is 2. The van der Waals surface area contributed by atoms with E-state index in [2.05, 4.69) is 10.6 Å².